The van der Waals surface area contributed by atoms with Crippen molar-refractivity contribution in [1.29, 1.82) is 0 Å². The number of rotatable bonds is 6. The second kappa shape index (κ2) is 8.17. The van der Waals surface area contributed by atoms with Crippen molar-refractivity contribution in [3.05, 3.63) is 52.7 Å². The van der Waals surface area contributed by atoms with Gasteiger partial charge in [-0.05, 0) is 23.8 Å². The van der Waals surface area contributed by atoms with E-state index < -0.39 is 11.7 Å². The van der Waals surface area contributed by atoms with Crippen LogP contribution < -0.4 is 10.3 Å². The molecule has 1 aromatic heterocycles. The van der Waals surface area contributed by atoms with Crippen molar-refractivity contribution in [2.24, 2.45) is 5.10 Å². The maximum absolute atomic E-state index is 12.5. The highest BCUT2D eigenvalue weighted by Crippen LogP contribution is 2.32. The molecule has 0 fully saturated rings. The summed E-state index contributed by atoms with van der Waals surface area (Å²) in [7, 11) is 1.86. The fraction of sp³-hybridized carbons (Fsp3) is 0.250. The molecule has 25 heavy (non-hydrogen) atoms. The van der Waals surface area contributed by atoms with Gasteiger partial charge in [0.05, 0.1) is 23.4 Å². The Bertz CT molecular complexity index is 735. The molecule has 2 rings (SSSR count). The number of likely N-dealkylation sites (N-methyl/N-ethyl adjacent to an activating group) is 1. The zero-order chi connectivity index (χ0) is 18.4. The average Bonchev–Trinajstić information content (AvgIpc) is 2.56. The number of hydrazone groups is 1. The maximum Gasteiger partial charge on any atom is 0.417 e. The van der Waals surface area contributed by atoms with Gasteiger partial charge in [0.1, 0.15) is 0 Å². The molecule has 2 N–H and O–H groups in total. The van der Waals surface area contributed by atoms with Crippen LogP contribution in [0.2, 0.25) is 5.02 Å². The average molecular weight is 373 g/mol. The minimum absolute atomic E-state index is 0.0326. The first-order valence-electron chi connectivity index (χ1n) is 7.25. The van der Waals surface area contributed by atoms with E-state index in [2.05, 4.69) is 15.5 Å². The predicted molar refractivity (Wildman–Crippen MR) is 92.3 cm³/mol. The van der Waals surface area contributed by atoms with Gasteiger partial charge in [0, 0.05) is 25.5 Å². The molecule has 0 spiro atoms. The van der Waals surface area contributed by atoms with Crippen LogP contribution in [-0.4, -0.2) is 36.5 Å². The fourth-order valence-corrected chi connectivity index (χ4v) is 2.15. The van der Waals surface area contributed by atoms with E-state index in [9.17, 15) is 13.2 Å². The number of nitrogens with one attached hydrogen (secondary N) is 1. The van der Waals surface area contributed by atoms with Crippen molar-refractivity contribution in [2.75, 3.05) is 30.5 Å². The predicted octanol–water partition coefficient (Wildman–Crippen LogP) is 3.63. The lowest BCUT2D eigenvalue weighted by atomic mass is 10.2. The fourth-order valence-electron chi connectivity index (χ4n) is 1.94. The lowest BCUT2D eigenvalue weighted by Gasteiger charge is -2.17. The smallest absolute Gasteiger partial charge is 0.395 e. The molecule has 0 atom stereocenters. The van der Waals surface area contributed by atoms with Crippen LogP contribution in [0.25, 0.3) is 0 Å². The quantitative estimate of drug-likeness (QED) is 0.600. The van der Waals surface area contributed by atoms with Crippen molar-refractivity contribution in [1.82, 2.24) is 4.98 Å². The topological polar surface area (TPSA) is 60.8 Å². The lowest BCUT2D eigenvalue weighted by Crippen LogP contribution is -2.20. The summed E-state index contributed by atoms with van der Waals surface area (Å²) < 4.78 is 37.6. The van der Waals surface area contributed by atoms with Crippen LogP contribution in [0.15, 0.2) is 41.6 Å². The first-order valence-corrected chi connectivity index (χ1v) is 7.63. The zero-order valence-electron chi connectivity index (χ0n) is 13.3. The molecular formula is C16H16ClF3N4O. The maximum atomic E-state index is 12.5. The van der Waals surface area contributed by atoms with E-state index in [-0.39, 0.29) is 17.4 Å². The van der Waals surface area contributed by atoms with Gasteiger partial charge in [-0.25, -0.2) is 4.98 Å². The minimum atomic E-state index is -4.50. The largest absolute Gasteiger partial charge is 0.417 e. The van der Waals surface area contributed by atoms with Gasteiger partial charge in [0.25, 0.3) is 0 Å². The third-order valence-electron chi connectivity index (χ3n) is 3.32. The molecule has 2 aromatic rings. The molecule has 0 aliphatic heterocycles. The van der Waals surface area contributed by atoms with Crippen molar-refractivity contribution < 1.29 is 18.3 Å². The first kappa shape index (κ1) is 19.0. The summed E-state index contributed by atoms with van der Waals surface area (Å²) in [6.07, 6.45) is -2.32. The van der Waals surface area contributed by atoms with E-state index in [0.29, 0.717) is 12.7 Å². The number of nitrogens with zero attached hydrogens (tertiary/aromatic N) is 3. The van der Waals surface area contributed by atoms with Crippen LogP contribution in [0.3, 0.4) is 0 Å². The Hall–Kier alpha value is -2.32. The van der Waals surface area contributed by atoms with Crippen molar-refractivity contribution in [3.8, 4) is 0 Å². The van der Waals surface area contributed by atoms with Gasteiger partial charge in [-0.3, -0.25) is 5.43 Å². The van der Waals surface area contributed by atoms with Crippen molar-refractivity contribution in [2.45, 2.75) is 6.18 Å². The highest BCUT2D eigenvalue weighted by Gasteiger charge is 2.31. The lowest BCUT2D eigenvalue weighted by molar-refractivity contribution is -0.137. The van der Waals surface area contributed by atoms with Crippen LogP contribution in [-0.2, 0) is 6.18 Å². The Balaban J connectivity index is 2.01. The number of alkyl halides is 3. The molecule has 0 amide bonds. The summed E-state index contributed by atoms with van der Waals surface area (Å²) in [5, 5.41) is 12.7. The molecule has 0 aliphatic carbocycles. The summed E-state index contributed by atoms with van der Waals surface area (Å²) >= 11 is 5.78. The SMILES string of the molecule is CN(CCO)c1ccc(C=NNc2ncc(C(F)(F)F)cc2Cl)cc1. The summed E-state index contributed by atoms with van der Waals surface area (Å²) in [5.41, 5.74) is 3.30. The minimum Gasteiger partial charge on any atom is -0.395 e. The summed E-state index contributed by atoms with van der Waals surface area (Å²) in [6, 6.07) is 8.14. The van der Waals surface area contributed by atoms with Crippen LogP contribution in [0, 0.1) is 0 Å². The van der Waals surface area contributed by atoms with Gasteiger partial charge in [-0.2, -0.15) is 18.3 Å². The van der Waals surface area contributed by atoms with E-state index in [1.807, 2.05) is 36.2 Å². The summed E-state index contributed by atoms with van der Waals surface area (Å²) in [4.78, 5) is 5.52. The molecule has 0 bridgehead atoms. The van der Waals surface area contributed by atoms with Gasteiger partial charge in [-0.1, -0.05) is 23.7 Å². The monoisotopic (exact) mass is 372 g/mol. The van der Waals surface area contributed by atoms with Gasteiger partial charge in [0.15, 0.2) is 5.82 Å². The number of hydrogen-bond acceptors (Lipinski definition) is 5. The standard InChI is InChI=1S/C16H16ClF3N4O/c1-24(6-7-25)13-4-2-11(3-5-13)9-22-23-15-14(17)8-12(10-21-15)16(18,19)20/h2-5,8-10,25H,6-7H2,1H3,(H,21,23). The zero-order valence-corrected chi connectivity index (χ0v) is 14.0. The first-order chi connectivity index (χ1) is 11.8. The van der Waals surface area contributed by atoms with E-state index in [0.717, 1.165) is 17.3 Å². The number of aromatic nitrogens is 1. The Labute approximate surface area is 147 Å². The van der Waals surface area contributed by atoms with Gasteiger partial charge in [0.2, 0.25) is 0 Å². The number of benzene rings is 1. The molecular weight excluding hydrogens is 357 g/mol. The van der Waals surface area contributed by atoms with Crippen molar-refractivity contribution in [3.63, 3.8) is 0 Å². The van der Waals surface area contributed by atoms with E-state index >= 15 is 0 Å². The van der Waals surface area contributed by atoms with Crippen LogP contribution in [0.4, 0.5) is 24.7 Å². The van der Waals surface area contributed by atoms with Crippen LogP contribution in [0.5, 0.6) is 0 Å². The molecule has 0 aliphatic rings. The van der Waals surface area contributed by atoms with E-state index in [1.54, 1.807) is 0 Å². The third kappa shape index (κ3) is 5.33. The Morgan fingerprint density at radius 2 is 2.00 bits per heavy atom. The highest BCUT2D eigenvalue weighted by atomic mass is 35.5. The number of hydrogen-bond donors (Lipinski definition) is 2. The highest BCUT2D eigenvalue weighted by molar-refractivity contribution is 6.32. The third-order valence-corrected chi connectivity index (χ3v) is 3.61. The molecule has 134 valence electrons. The van der Waals surface area contributed by atoms with Crippen LogP contribution in [0.1, 0.15) is 11.1 Å². The van der Waals surface area contributed by atoms with Crippen LogP contribution >= 0.6 is 11.6 Å². The van der Waals surface area contributed by atoms with Crippen molar-refractivity contribution >= 4 is 29.3 Å². The van der Waals surface area contributed by atoms with Gasteiger partial charge < -0.3 is 10.0 Å². The molecule has 0 unspecified atom stereocenters. The summed E-state index contributed by atoms with van der Waals surface area (Å²) in [5.74, 6) is 0.0326. The van der Waals surface area contributed by atoms with E-state index in [1.165, 1.54) is 6.21 Å². The Morgan fingerprint density at radius 1 is 1.32 bits per heavy atom. The Morgan fingerprint density at radius 3 is 2.56 bits per heavy atom. The second-order valence-corrected chi connectivity index (χ2v) is 5.57. The number of aliphatic hydroxyl groups excluding tert-OH is 1. The molecule has 5 nitrogen and oxygen atoms in total. The molecule has 1 aromatic carbocycles. The number of aliphatic hydroxyl groups is 1. The number of anilines is 2. The molecule has 1 heterocycles. The van der Waals surface area contributed by atoms with E-state index in [4.69, 9.17) is 16.7 Å². The normalized spacial score (nSPS) is 11.8. The molecule has 0 saturated carbocycles. The number of halogens is 4. The molecule has 9 heteroatoms. The van der Waals surface area contributed by atoms with Gasteiger partial charge >= 0.3 is 6.18 Å². The number of pyridine rings is 1. The molecule has 0 saturated heterocycles. The summed E-state index contributed by atoms with van der Waals surface area (Å²) in [6.45, 7) is 0.581. The Kier molecular flexibility index (Phi) is 6.22. The second-order valence-electron chi connectivity index (χ2n) is 5.16. The van der Waals surface area contributed by atoms with Gasteiger partial charge in [-0.15, -0.1) is 0 Å². The molecule has 0 radical (unpaired) electrons.